The van der Waals surface area contributed by atoms with Gasteiger partial charge in [-0.15, -0.1) is 5.10 Å². The number of para-hydroxylation sites is 1. The van der Waals surface area contributed by atoms with Gasteiger partial charge in [-0.25, -0.2) is 18.9 Å². The number of nitrogens with one attached hydrogen (secondary N) is 1. The lowest BCUT2D eigenvalue weighted by Crippen LogP contribution is -2.28. The SMILES string of the molecule is Cc1ccccc1NC(=O)Cn1nc2c3cc(Cl)ccc3ncn2c1=O. The van der Waals surface area contributed by atoms with E-state index in [1.807, 2.05) is 25.1 Å². The molecule has 130 valence electrons. The molecule has 2 heterocycles. The third-order valence-corrected chi connectivity index (χ3v) is 4.33. The third-order valence-electron chi connectivity index (χ3n) is 4.09. The Morgan fingerprint density at radius 1 is 1.23 bits per heavy atom. The van der Waals surface area contributed by atoms with Crippen LogP contribution in [0.1, 0.15) is 5.56 Å². The molecule has 8 heteroatoms. The summed E-state index contributed by atoms with van der Waals surface area (Å²) in [6.07, 6.45) is 1.40. The Hall–Kier alpha value is -3.19. The number of aryl methyl sites for hydroxylation is 1. The van der Waals surface area contributed by atoms with Gasteiger partial charge in [0.05, 0.1) is 5.52 Å². The van der Waals surface area contributed by atoms with Crippen molar-refractivity contribution in [3.63, 3.8) is 0 Å². The number of amides is 1. The highest BCUT2D eigenvalue weighted by Crippen LogP contribution is 2.20. The molecule has 2 aromatic heterocycles. The van der Waals surface area contributed by atoms with Crippen molar-refractivity contribution in [1.82, 2.24) is 19.2 Å². The van der Waals surface area contributed by atoms with Gasteiger partial charge in [-0.2, -0.15) is 0 Å². The fourth-order valence-electron chi connectivity index (χ4n) is 2.77. The van der Waals surface area contributed by atoms with Crippen LogP contribution in [0.5, 0.6) is 0 Å². The number of rotatable bonds is 3. The van der Waals surface area contributed by atoms with Crippen LogP contribution in [0.4, 0.5) is 5.69 Å². The average Bonchev–Trinajstić information content (AvgIpc) is 2.93. The Balaban J connectivity index is 1.71. The van der Waals surface area contributed by atoms with Crippen molar-refractivity contribution in [2.24, 2.45) is 0 Å². The fourth-order valence-corrected chi connectivity index (χ4v) is 2.94. The molecule has 4 aromatic rings. The molecular weight excluding hydrogens is 354 g/mol. The minimum atomic E-state index is -0.436. The van der Waals surface area contributed by atoms with Gasteiger partial charge in [-0.05, 0) is 36.8 Å². The zero-order valence-corrected chi connectivity index (χ0v) is 14.6. The molecule has 0 saturated heterocycles. The average molecular weight is 368 g/mol. The number of anilines is 1. The zero-order valence-electron chi connectivity index (χ0n) is 13.8. The van der Waals surface area contributed by atoms with Crippen LogP contribution in [0.2, 0.25) is 5.02 Å². The lowest BCUT2D eigenvalue weighted by atomic mass is 10.2. The molecule has 1 N–H and O–H groups in total. The fraction of sp³-hybridized carbons (Fsp3) is 0.111. The van der Waals surface area contributed by atoms with E-state index < -0.39 is 5.69 Å². The van der Waals surface area contributed by atoms with E-state index in [2.05, 4.69) is 15.4 Å². The second-order valence-corrected chi connectivity index (χ2v) is 6.34. The van der Waals surface area contributed by atoms with E-state index in [1.165, 1.54) is 10.7 Å². The number of nitrogens with zero attached hydrogens (tertiary/aromatic N) is 4. The number of carbonyl (C=O) groups is 1. The predicted molar refractivity (Wildman–Crippen MR) is 99.6 cm³/mol. The van der Waals surface area contributed by atoms with Gasteiger partial charge in [0.25, 0.3) is 0 Å². The first-order valence-electron chi connectivity index (χ1n) is 7.92. The van der Waals surface area contributed by atoms with E-state index in [0.29, 0.717) is 27.3 Å². The van der Waals surface area contributed by atoms with Gasteiger partial charge < -0.3 is 5.32 Å². The number of carbonyl (C=O) groups excluding carboxylic acids is 1. The molecule has 4 rings (SSSR count). The predicted octanol–water partition coefficient (Wildman–Crippen LogP) is 2.64. The number of benzene rings is 2. The molecule has 0 saturated carbocycles. The van der Waals surface area contributed by atoms with Crippen LogP contribution in [0.15, 0.2) is 53.6 Å². The molecule has 26 heavy (non-hydrogen) atoms. The third kappa shape index (κ3) is 2.82. The van der Waals surface area contributed by atoms with E-state index >= 15 is 0 Å². The molecule has 1 amide bonds. The van der Waals surface area contributed by atoms with Crippen molar-refractivity contribution < 1.29 is 4.79 Å². The maximum Gasteiger partial charge on any atom is 0.352 e. The largest absolute Gasteiger partial charge is 0.352 e. The van der Waals surface area contributed by atoms with Crippen LogP contribution in [0.3, 0.4) is 0 Å². The number of halogens is 1. The van der Waals surface area contributed by atoms with Gasteiger partial charge in [-0.3, -0.25) is 4.79 Å². The van der Waals surface area contributed by atoms with Crippen molar-refractivity contribution in [2.75, 3.05) is 5.32 Å². The molecule has 0 aliphatic heterocycles. The highest BCUT2D eigenvalue weighted by Gasteiger charge is 2.14. The molecule has 0 bridgehead atoms. The molecule has 0 aliphatic carbocycles. The maximum absolute atomic E-state index is 12.5. The Morgan fingerprint density at radius 3 is 2.85 bits per heavy atom. The van der Waals surface area contributed by atoms with Crippen molar-refractivity contribution in [1.29, 1.82) is 0 Å². The number of hydrogen-bond donors (Lipinski definition) is 1. The lowest BCUT2D eigenvalue weighted by molar-refractivity contribution is -0.117. The molecular formula is C18H14ClN5O2. The van der Waals surface area contributed by atoms with Crippen molar-refractivity contribution in [3.05, 3.63) is 69.9 Å². The van der Waals surface area contributed by atoms with Gasteiger partial charge in [0.15, 0.2) is 5.65 Å². The van der Waals surface area contributed by atoms with Gasteiger partial charge in [-0.1, -0.05) is 29.8 Å². The quantitative estimate of drug-likeness (QED) is 0.603. The highest BCUT2D eigenvalue weighted by molar-refractivity contribution is 6.31. The van der Waals surface area contributed by atoms with E-state index in [-0.39, 0.29) is 12.5 Å². The first-order valence-corrected chi connectivity index (χ1v) is 8.29. The monoisotopic (exact) mass is 367 g/mol. The Bertz CT molecular complexity index is 1210. The van der Waals surface area contributed by atoms with Crippen LogP contribution in [0.25, 0.3) is 16.6 Å². The van der Waals surface area contributed by atoms with E-state index in [1.54, 1.807) is 24.3 Å². The summed E-state index contributed by atoms with van der Waals surface area (Å²) in [5.74, 6) is -0.333. The maximum atomic E-state index is 12.5. The molecule has 0 fully saturated rings. The standard InChI is InChI=1S/C18H14ClN5O2/c1-11-4-2-3-5-14(11)21-16(25)9-24-18(26)23-10-20-15-7-6-12(19)8-13(15)17(23)22-24/h2-8,10H,9H2,1H3,(H,21,25). The number of aromatic nitrogens is 4. The van der Waals surface area contributed by atoms with Gasteiger partial charge >= 0.3 is 5.69 Å². The summed E-state index contributed by atoms with van der Waals surface area (Å²) in [6.45, 7) is 1.70. The minimum absolute atomic E-state index is 0.198. The molecule has 0 spiro atoms. The van der Waals surface area contributed by atoms with Crippen LogP contribution in [0, 0.1) is 6.92 Å². The summed E-state index contributed by atoms with van der Waals surface area (Å²) in [5, 5.41) is 8.25. The Morgan fingerprint density at radius 2 is 2.04 bits per heavy atom. The second kappa shape index (κ2) is 6.27. The molecule has 2 aromatic carbocycles. The normalized spacial score (nSPS) is 11.2. The minimum Gasteiger partial charge on any atom is -0.324 e. The molecule has 0 aliphatic rings. The number of hydrogen-bond acceptors (Lipinski definition) is 4. The van der Waals surface area contributed by atoms with Crippen LogP contribution >= 0.6 is 11.6 Å². The van der Waals surface area contributed by atoms with Gasteiger partial charge in [0.2, 0.25) is 5.91 Å². The van der Waals surface area contributed by atoms with Crippen molar-refractivity contribution in [2.45, 2.75) is 13.5 Å². The summed E-state index contributed by atoms with van der Waals surface area (Å²) in [4.78, 5) is 29.1. The summed E-state index contributed by atoms with van der Waals surface area (Å²) in [7, 11) is 0. The smallest absolute Gasteiger partial charge is 0.324 e. The summed E-state index contributed by atoms with van der Waals surface area (Å²) >= 11 is 6.04. The van der Waals surface area contributed by atoms with Crippen LogP contribution < -0.4 is 11.0 Å². The lowest BCUT2D eigenvalue weighted by Gasteiger charge is -2.07. The topological polar surface area (TPSA) is 81.3 Å². The summed E-state index contributed by atoms with van der Waals surface area (Å²) in [6, 6.07) is 12.6. The van der Waals surface area contributed by atoms with Crippen molar-refractivity contribution in [3.8, 4) is 0 Å². The molecule has 7 nitrogen and oxygen atoms in total. The Labute approximate surface area is 152 Å². The molecule has 0 atom stereocenters. The first kappa shape index (κ1) is 16.3. The highest BCUT2D eigenvalue weighted by atomic mass is 35.5. The van der Waals surface area contributed by atoms with Crippen LogP contribution in [-0.4, -0.2) is 25.1 Å². The zero-order chi connectivity index (χ0) is 18.3. The molecule has 0 radical (unpaired) electrons. The summed E-state index contributed by atoms with van der Waals surface area (Å²) < 4.78 is 2.42. The molecule has 0 unspecified atom stereocenters. The second-order valence-electron chi connectivity index (χ2n) is 5.90. The van der Waals surface area contributed by atoms with Gasteiger partial charge in [0.1, 0.15) is 12.9 Å². The van der Waals surface area contributed by atoms with Crippen LogP contribution in [-0.2, 0) is 11.3 Å². The van der Waals surface area contributed by atoms with Gasteiger partial charge in [0, 0.05) is 16.1 Å². The Kier molecular flexibility index (Phi) is 3.93. The van der Waals surface area contributed by atoms with E-state index in [4.69, 9.17) is 11.6 Å². The summed E-state index contributed by atoms with van der Waals surface area (Å²) in [5.41, 5.74) is 2.28. The first-order chi connectivity index (χ1) is 12.5. The van der Waals surface area contributed by atoms with E-state index in [9.17, 15) is 9.59 Å². The van der Waals surface area contributed by atoms with Crippen molar-refractivity contribution >= 4 is 39.7 Å². The number of fused-ring (bicyclic) bond motifs is 3. The van der Waals surface area contributed by atoms with E-state index in [0.717, 1.165) is 10.2 Å².